The summed E-state index contributed by atoms with van der Waals surface area (Å²) in [4.78, 5) is 44.2. The van der Waals surface area contributed by atoms with Crippen LogP contribution in [0.3, 0.4) is 0 Å². The molecule has 2 heterocycles. The third-order valence-electron chi connectivity index (χ3n) is 5.75. The van der Waals surface area contributed by atoms with Crippen LogP contribution in [-0.4, -0.2) is 61.3 Å². The Hall–Kier alpha value is -4.23. The van der Waals surface area contributed by atoms with Gasteiger partial charge in [0.2, 0.25) is 17.5 Å². The van der Waals surface area contributed by atoms with Crippen LogP contribution in [0.15, 0.2) is 34.9 Å². The van der Waals surface area contributed by atoms with Gasteiger partial charge in [-0.1, -0.05) is 26.0 Å². The highest BCUT2D eigenvalue weighted by Crippen LogP contribution is 2.40. The Morgan fingerprint density at radius 1 is 1.14 bits per heavy atom. The lowest BCUT2D eigenvalue weighted by Crippen LogP contribution is -2.47. The molecule has 1 aromatic carbocycles. The average Bonchev–Trinajstić information content (AvgIpc) is 3.32. The Bertz CT molecular complexity index is 1310. The lowest BCUT2D eigenvalue weighted by atomic mass is 10.0. The number of hydrogen-bond donors (Lipinski definition) is 4. The molecule has 0 spiro atoms. The fourth-order valence-corrected chi connectivity index (χ4v) is 3.63. The van der Waals surface area contributed by atoms with Crippen LogP contribution < -0.4 is 10.6 Å². The number of nitrogens with one attached hydrogen (secondary N) is 3. The Labute approximate surface area is 207 Å². The van der Waals surface area contributed by atoms with Crippen molar-refractivity contribution in [3.05, 3.63) is 42.0 Å². The first kappa shape index (κ1) is 25.9. The van der Waals surface area contributed by atoms with E-state index in [2.05, 4.69) is 25.5 Å². The molecule has 0 saturated heterocycles. The molecule has 37 heavy (non-hydrogen) atoms. The van der Waals surface area contributed by atoms with Crippen LogP contribution in [0.5, 0.6) is 0 Å². The zero-order valence-corrected chi connectivity index (χ0v) is 19.7. The first-order chi connectivity index (χ1) is 17.4. The van der Waals surface area contributed by atoms with E-state index >= 15 is 0 Å². The number of carboxylic acids is 1. The van der Waals surface area contributed by atoms with E-state index in [0.717, 1.165) is 6.20 Å². The number of alkyl halides is 3. The standard InChI is InChI=1S/C23H23F3N6O5/c1-10(2)15(22(35)36)28-19(33)14-9-27-21(37-14)13-5-3-4-12(8-13)17-30-18(32-31-17)20(34)29-16(11-6-7-11)23(24,25)26/h3-5,8-11,15-16H,6-7H2,1-2H3,(H,28,33)(H,29,34)(H,35,36)(H,30,31,32)/t15-,16?/m0/s1. The Morgan fingerprint density at radius 2 is 1.84 bits per heavy atom. The van der Waals surface area contributed by atoms with E-state index in [0.29, 0.717) is 24.0 Å². The van der Waals surface area contributed by atoms with Crippen molar-refractivity contribution < 1.29 is 37.1 Å². The van der Waals surface area contributed by atoms with Gasteiger partial charge in [-0.05, 0) is 36.8 Å². The van der Waals surface area contributed by atoms with Crippen molar-refractivity contribution in [1.82, 2.24) is 30.8 Å². The summed E-state index contributed by atoms with van der Waals surface area (Å²) in [5.74, 6) is -4.42. The van der Waals surface area contributed by atoms with Gasteiger partial charge in [0.05, 0.1) is 6.20 Å². The SMILES string of the molecule is CC(C)[C@H](NC(=O)c1cnc(-c2cccc(-c3n[nH]c(C(=O)NC(C4CC4)C(F)(F)F)n3)c2)o1)C(=O)O. The number of aromatic nitrogens is 4. The van der Waals surface area contributed by atoms with Gasteiger partial charge < -0.3 is 20.2 Å². The number of H-pyrrole nitrogens is 1. The molecule has 4 rings (SSSR count). The van der Waals surface area contributed by atoms with Crippen molar-refractivity contribution in [2.24, 2.45) is 11.8 Å². The molecule has 2 atom stereocenters. The number of carbonyl (C=O) groups is 3. The minimum atomic E-state index is -4.57. The summed E-state index contributed by atoms with van der Waals surface area (Å²) in [5, 5.41) is 19.9. The molecule has 4 N–H and O–H groups in total. The minimum Gasteiger partial charge on any atom is -0.480 e. The number of carbonyl (C=O) groups excluding carboxylic acids is 2. The van der Waals surface area contributed by atoms with Gasteiger partial charge in [0.1, 0.15) is 12.1 Å². The first-order valence-corrected chi connectivity index (χ1v) is 11.3. The summed E-state index contributed by atoms with van der Waals surface area (Å²) in [6.45, 7) is 3.30. The zero-order valence-electron chi connectivity index (χ0n) is 19.7. The van der Waals surface area contributed by atoms with Gasteiger partial charge in [-0.2, -0.15) is 18.3 Å². The van der Waals surface area contributed by atoms with Gasteiger partial charge in [0.15, 0.2) is 5.82 Å². The smallest absolute Gasteiger partial charge is 0.408 e. The van der Waals surface area contributed by atoms with Crippen LogP contribution in [0.4, 0.5) is 13.2 Å². The van der Waals surface area contributed by atoms with Crippen molar-refractivity contribution in [2.45, 2.75) is 44.9 Å². The summed E-state index contributed by atoms with van der Waals surface area (Å²) in [6.07, 6.45) is -2.63. The molecule has 11 nitrogen and oxygen atoms in total. The zero-order chi connectivity index (χ0) is 26.9. The number of rotatable bonds is 9. The van der Waals surface area contributed by atoms with E-state index in [9.17, 15) is 32.7 Å². The normalized spacial score (nSPS) is 15.3. The maximum absolute atomic E-state index is 13.2. The Balaban J connectivity index is 1.48. The maximum atomic E-state index is 13.2. The number of hydrogen-bond acceptors (Lipinski definition) is 7. The molecule has 0 radical (unpaired) electrons. The number of nitrogens with zero attached hydrogens (tertiary/aromatic N) is 3. The number of halogens is 3. The van der Waals surface area contributed by atoms with Crippen molar-refractivity contribution >= 4 is 17.8 Å². The van der Waals surface area contributed by atoms with Crippen LogP contribution in [0.1, 0.15) is 47.9 Å². The molecule has 0 bridgehead atoms. The molecule has 1 fully saturated rings. The summed E-state index contributed by atoms with van der Waals surface area (Å²) in [5.41, 5.74) is 0.814. The van der Waals surface area contributed by atoms with Gasteiger partial charge in [0, 0.05) is 11.1 Å². The number of benzene rings is 1. The molecular formula is C23H23F3N6O5. The number of amides is 2. The van der Waals surface area contributed by atoms with Crippen LogP contribution in [0, 0.1) is 11.8 Å². The highest BCUT2D eigenvalue weighted by molar-refractivity contribution is 5.94. The van der Waals surface area contributed by atoms with Crippen molar-refractivity contribution in [3.8, 4) is 22.8 Å². The molecule has 2 amide bonds. The molecule has 2 aromatic heterocycles. The van der Waals surface area contributed by atoms with Crippen LogP contribution in [-0.2, 0) is 4.79 Å². The van der Waals surface area contributed by atoms with E-state index in [1.165, 1.54) is 0 Å². The third-order valence-corrected chi connectivity index (χ3v) is 5.75. The van der Waals surface area contributed by atoms with Gasteiger partial charge in [0.25, 0.3) is 11.8 Å². The van der Waals surface area contributed by atoms with E-state index in [1.54, 1.807) is 38.1 Å². The molecule has 1 aliphatic rings. The number of aliphatic carboxylic acids is 1. The molecule has 1 aliphatic carbocycles. The van der Waals surface area contributed by atoms with Crippen LogP contribution in [0.25, 0.3) is 22.8 Å². The highest BCUT2D eigenvalue weighted by Gasteiger charge is 2.50. The Morgan fingerprint density at radius 3 is 2.46 bits per heavy atom. The van der Waals surface area contributed by atoms with Gasteiger partial charge in [-0.25, -0.2) is 14.8 Å². The number of carboxylic acid groups (broad SMARTS) is 1. The van der Waals surface area contributed by atoms with Crippen molar-refractivity contribution in [3.63, 3.8) is 0 Å². The van der Waals surface area contributed by atoms with Gasteiger partial charge in [-0.15, -0.1) is 0 Å². The van der Waals surface area contributed by atoms with E-state index in [-0.39, 0.29) is 29.2 Å². The molecule has 196 valence electrons. The summed E-state index contributed by atoms with van der Waals surface area (Å²) >= 11 is 0. The van der Waals surface area contributed by atoms with Crippen molar-refractivity contribution in [2.75, 3.05) is 0 Å². The molecular weight excluding hydrogens is 497 g/mol. The predicted molar refractivity (Wildman–Crippen MR) is 121 cm³/mol. The number of aromatic amines is 1. The fraction of sp³-hybridized carbons (Fsp3) is 0.391. The van der Waals surface area contributed by atoms with Gasteiger partial charge in [-0.3, -0.25) is 14.7 Å². The fourth-order valence-electron chi connectivity index (χ4n) is 3.63. The average molecular weight is 520 g/mol. The van der Waals surface area contributed by atoms with E-state index < -0.39 is 42.0 Å². The maximum Gasteiger partial charge on any atom is 0.408 e. The van der Waals surface area contributed by atoms with E-state index in [1.807, 2.05) is 5.32 Å². The lowest BCUT2D eigenvalue weighted by Gasteiger charge is -2.20. The molecule has 0 aliphatic heterocycles. The number of oxazole rings is 1. The van der Waals surface area contributed by atoms with Crippen molar-refractivity contribution in [1.29, 1.82) is 0 Å². The summed E-state index contributed by atoms with van der Waals surface area (Å²) in [7, 11) is 0. The predicted octanol–water partition coefficient (Wildman–Crippen LogP) is 3.04. The molecule has 3 aromatic rings. The topological polar surface area (TPSA) is 163 Å². The first-order valence-electron chi connectivity index (χ1n) is 11.3. The highest BCUT2D eigenvalue weighted by atomic mass is 19.4. The lowest BCUT2D eigenvalue weighted by molar-refractivity contribution is -0.158. The molecule has 14 heteroatoms. The second-order valence-corrected chi connectivity index (χ2v) is 8.98. The van der Waals surface area contributed by atoms with E-state index in [4.69, 9.17) is 4.42 Å². The van der Waals surface area contributed by atoms with Gasteiger partial charge >= 0.3 is 12.1 Å². The quantitative estimate of drug-likeness (QED) is 0.335. The molecule has 1 saturated carbocycles. The summed E-state index contributed by atoms with van der Waals surface area (Å²) < 4.78 is 45.2. The second-order valence-electron chi connectivity index (χ2n) is 8.98. The largest absolute Gasteiger partial charge is 0.480 e. The Kier molecular flexibility index (Phi) is 7.01. The summed E-state index contributed by atoms with van der Waals surface area (Å²) in [6, 6.07) is 3.33. The van der Waals surface area contributed by atoms with Crippen LogP contribution >= 0.6 is 0 Å². The van der Waals surface area contributed by atoms with Crippen LogP contribution in [0.2, 0.25) is 0 Å². The molecule has 1 unspecified atom stereocenters. The third kappa shape index (κ3) is 5.95. The monoisotopic (exact) mass is 520 g/mol. The minimum absolute atomic E-state index is 0.0488. The second kappa shape index (κ2) is 10.0.